The van der Waals surface area contributed by atoms with Crippen LogP contribution < -0.4 is 10.2 Å². The molecular weight excluding hydrogens is 272 g/mol. The summed E-state index contributed by atoms with van der Waals surface area (Å²) in [7, 11) is 0. The van der Waals surface area contributed by atoms with Crippen LogP contribution in [0.4, 0.5) is 10.5 Å². The number of halogens is 1. The highest BCUT2D eigenvalue weighted by Crippen LogP contribution is 2.30. The summed E-state index contributed by atoms with van der Waals surface area (Å²) in [6, 6.07) is 5.37. The lowest BCUT2D eigenvalue weighted by Crippen LogP contribution is -2.49. The van der Waals surface area contributed by atoms with E-state index in [2.05, 4.69) is 21.2 Å². The Hall–Kier alpha value is -1.36. The molecule has 84 valence electrons. The number of amides is 3. The third-order valence-corrected chi connectivity index (χ3v) is 3.15. The first-order valence-electron chi connectivity index (χ1n) is 4.96. The van der Waals surface area contributed by atoms with Crippen molar-refractivity contribution in [3.63, 3.8) is 0 Å². The minimum absolute atomic E-state index is 0.217. The molecule has 1 aromatic rings. The second-order valence-corrected chi connectivity index (χ2v) is 4.51. The van der Waals surface area contributed by atoms with Crippen LogP contribution in [0.15, 0.2) is 22.7 Å². The Morgan fingerprint density at radius 2 is 2.12 bits per heavy atom. The van der Waals surface area contributed by atoms with E-state index in [4.69, 9.17) is 0 Å². The summed E-state index contributed by atoms with van der Waals surface area (Å²) in [6.45, 7) is 2.36. The van der Waals surface area contributed by atoms with E-state index < -0.39 is 0 Å². The van der Waals surface area contributed by atoms with E-state index >= 15 is 0 Å². The fourth-order valence-corrected chi connectivity index (χ4v) is 2.42. The van der Waals surface area contributed by atoms with Crippen molar-refractivity contribution in [1.29, 1.82) is 0 Å². The molecule has 3 amide bonds. The number of nitrogens with zero attached hydrogens (tertiary/aromatic N) is 1. The number of rotatable bonds is 1. The van der Waals surface area contributed by atoms with Gasteiger partial charge in [-0.25, -0.2) is 4.79 Å². The molecule has 5 heteroatoms. The number of hydrogen-bond acceptors (Lipinski definition) is 2. The highest BCUT2D eigenvalue weighted by Gasteiger charge is 2.26. The molecule has 0 saturated carbocycles. The zero-order chi connectivity index (χ0) is 11.7. The van der Waals surface area contributed by atoms with Crippen molar-refractivity contribution in [2.24, 2.45) is 0 Å². The van der Waals surface area contributed by atoms with Crippen LogP contribution in [-0.2, 0) is 4.79 Å². The topological polar surface area (TPSA) is 49.4 Å². The normalized spacial score (nSPS) is 16.2. The molecule has 1 saturated heterocycles. The first kappa shape index (κ1) is 11.1. The SMILES string of the molecule is Cc1cccc(Br)c1N1CCC(=O)NC1=O. The molecular formula is C11H11BrN2O2. The third-order valence-electron chi connectivity index (χ3n) is 2.51. The summed E-state index contributed by atoms with van der Waals surface area (Å²) in [5, 5.41) is 2.31. The molecule has 1 aliphatic rings. The minimum atomic E-state index is -0.355. The van der Waals surface area contributed by atoms with Crippen molar-refractivity contribution in [3.05, 3.63) is 28.2 Å². The number of anilines is 1. The Labute approximate surface area is 102 Å². The maximum absolute atomic E-state index is 11.7. The van der Waals surface area contributed by atoms with Gasteiger partial charge < -0.3 is 0 Å². The van der Waals surface area contributed by atoms with E-state index in [1.807, 2.05) is 25.1 Å². The van der Waals surface area contributed by atoms with Crippen molar-refractivity contribution in [3.8, 4) is 0 Å². The number of nitrogens with one attached hydrogen (secondary N) is 1. The van der Waals surface area contributed by atoms with Crippen LogP contribution >= 0.6 is 15.9 Å². The Bertz CT molecular complexity index is 439. The fourth-order valence-electron chi connectivity index (χ4n) is 1.74. The standard InChI is InChI=1S/C11H11BrN2O2/c1-7-3-2-4-8(12)10(7)14-6-5-9(15)13-11(14)16/h2-4H,5-6H2,1H3,(H,13,15,16). The van der Waals surface area contributed by atoms with Gasteiger partial charge in [0.05, 0.1) is 5.69 Å². The average Bonchev–Trinajstić information content (AvgIpc) is 2.20. The van der Waals surface area contributed by atoms with E-state index in [0.717, 1.165) is 15.7 Å². The molecule has 16 heavy (non-hydrogen) atoms. The number of hydrogen-bond donors (Lipinski definition) is 1. The molecule has 0 radical (unpaired) electrons. The lowest BCUT2D eigenvalue weighted by atomic mass is 10.1. The van der Waals surface area contributed by atoms with Crippen LogP contribution in [0.5, 0.6) is 0 Å². The molecule has 4 nitrogen and oxygen atoms in total. The molecule has 0 aromatic heterocycles. The summed E-state index contributed by atoms with van der Waals surface area (Å²) >= 11 is 3.42. The largest absolute Gasteiger partial charge is 0.328 e. The van der Waals surface area contributed by atoms with E-state index in [1.165, 1.54) is 0 Å². The second-order valence-electron chi connectivity index (χ2n) is 3.66. The molecule has 1 fully saturated rings. The number of urea groups is 1. The smallest absolute Gasteiger partial charge is 0.292 e. The average molecular weight is 283 g/mol. The van der Waals surface area contributed by atoms with Crippen LogP contribution in [0, 0.1) is 6.92 Å². The van der Waals surface area contributed by atoms with Gasteiger partial charge in [0.2, 0.25) is 5.91 Å². The second kappa shape index (κ2) is 4.25. The van der Waals surface area contributed by atoms with Gasteiger partial charge in [0.25, 0.3) is 0 Å². The van der Waals surface area contributed by atoms with E-state index in [9.17, 15) is 9.59 Å². The molecule has 0 spiro atoms. The van der Waals surface area contributed by atoms with Crippen molar-refractivity contribution < 1.29 is 9.59 Å². The first-order valence-corrected chi connectivity index (χ1v) is 5.75. The number of para-hydroxylation sites is 1. The molecule has 0 aliphatic carbocycles. The van der Waals surface area contributed by atoms with Crippen molar-refractivity contribution >= 4 is 33.6 Å². The summed E-state index contributed by atoms with van der Waals surface area (Å²) in [5.74, 6) is -0.217. The van der Waals surface area contributed by atoms with E-state index in [1.54, 1.807) is 4.90 Å². The Morgan fingerprint density at radius 1 is 1.38 bits per heavy atom. The molecule has 0 unspecified atom stereocenters. The van der Waals surface area contributed by atoms with Crippen molar-refractivity contribution in [2.45, 2.75) is 13.3 Å². The maximum atomic E-state index is 11.7. The van der Waals surface area contributed by atoms with Gasteiger partial charge in [-0.1, -0.05) is 12.1 Å². The minimum Gasteiger partial charge on any atom is -0.292 e. The van der Waals surface area contributed by atoms with Crippen molar-refractivity contribution in [1.82, 2.24) is 5.32 Å². The van der Waals surface area contributed by atoms with Crippen molar-refractivity contribution in [2.75, 3.05) is 11.4 Å². The van der Waals surface area contributed by atoms with Crippen LogP contribution in [0.3, 0.4) is 0 Å². The van der Waals surface area contributed by atoms with Crippen LogP contribution in [0.2, 0.25) is 0 Å². The predicted molar refractivity (Wildman–Crippen MR) is 64.4 cm³/mol. The van der Waals surface area contributed by atoms with Gasteiger partial charge in [0.15, 0.2) is 0 Å². The number of benzene rings is 1. The van der Waals surface area contributed by atoms with Gasteiger partial charge >= 0.3 is 6.03 Å². The van der Waals surface area contributed by atoms with Gasteiger partial charge in [-0.15, -0.1) is 0 Å². The van der Waals surface area contributed by atoms with Gasteiger partial charge in [-0.3, -0.25) is 15.0 Å². The first-order chi connectivity index (χ1) is 7.59. The monoisotopic (exact) mass is 282 g/mol. The lowest BCUT2D eigenvalue weighted by Gasteiger charge is -2.28. The highest BCUT2D eigenvalue weighted by molar-refractivity contribution is 9.10. The number of carbonyl (C=O) groups is 2. The third kappa shape index (κ3) is 1.95. The molecule has 1 aromatic carbocycles. The lowest BCUT2D eigenvalue weighted by molar-refractivity contribution is -0.120. The quantitative estimate of drug-likeness (QED) is 0.859. The Kier molecular flexibility index (Phi) is 2.96. The molecule has 1 aliphatic heterocycles. The molecule has 0 atom stereocenters. The molecule has 1 N–H and O–H groups in total. The van der Waals surface area contributed by atoms with Gasteiger partial charge in [0.1, 0.15) is 0 Å². The zero-order valence-corrected chi connectivity index (χ0v) is 10.4. The summed E-state index contributed by atoms with van der Waals surface area (Å²) < 4.78 is 0.858. The fraction of sp³-hybridized carbons (Fsp3) is 0.273. The number of aryl methyl sites for hydroxylation is 1. The predicted octanol–water partition coefficient (Wildman–Crippen LogP) is 2.20. The molecule has 0 bridgehead atoms. The number of imide groups is 1. The van der Waals surface area contributed by atoms with E-state index in [0.29, 0.717) is 13.0 Å². The summed E-state index contributed by atoms with van der Waals surface area (Å²) in [5.41, 5.74) is 1.83. The Morgan fingerprint density at radius 3 is 2.75 bits per heavy atom. The van der Waals surface area contributed by atoms with E-state index in [-0.39, 0.29) is 11.9 Å². The van der Waals surface area contributed by atoms with Gasteiger partial charge in [-0.05, 0) is 34.5 Å². The van der Waals surface area contributed by atoms with Gasteiger partial charge in [0, 0.05) is 17.4 Å². The molecule has 1 heterocycles. The summed E-state index contributed by atoms with van der Waals surface area (Å²) in [4.78, 5) is 24.3. The van der Waals surface area contributed by atoms with Crippen LogP contribution in [0.25, 0.3) is 0 Å². The Balaban J connectivity index is 2.37. The van der Waals surface area contributed by atoms with Crippen LogP contribution in [0.1, 0.15) is 12.0 Å². The zero-order valence-electron chi connectivity index (χ0n) is 8.79. The van der Waals surface area contributed by atoms with Crippen LogP contribution in [-0.4, -0.2) is 18.5 Å². The summed E-state index contributed by atoms with van der Waals surface area (Å²) in [6.07, 6.45) is 0.340. The maximum Gasteiger partial charge on any atom is 0.328 e. The molecule has 2 rings (SSSR count). The highest BCUT2D eigenvalue weighted by atomic mass is 79.9. The van der Waals surface area contributed by atoms with Gasteiger partial charge in [-0.2, -0.15) is 0 Å². The number of carbonyl (C=O) groups excluding carboxylic acids is 2.